The van der Waals surface area contributed by atoms with E-state index in [1.165, 1.54) is 0 Å². The number of nitrogens with one attached hydrogen (secondary N) is 1. The molecule has 7 nitrogen and oxygen atoms in total. The van der Waals surface area contributed by atoms with E-state index in [4.69, 9.17) is 4.74 Å². The number of carbonyl (C=O) groups is 1. The molecule has 8 heteroatoms. The van der Waals surface area contributed by atoms with Crippen LogP contribution in [0.15, 0.2) is 20.7 Å². The molecule has 2 rings (SSSR count). The Morgan fingerprint density at radius 2 is 2.08 bits per heavy atom. The van der Waals surface area contributed by atoms with Gasteiger partial charge < -0.3 is 15.0 Å². The van der Waals surface area contributed by atoms with Gasteiger partial charge in [-0.2, -0.15) is 0 Å². The van der Waals surface area contributed by atoms with Crippen molar-refractivity contribution in [1.29, 1.82) is 0 Å². The lowest BCUT2D eigenvalue weighted by Crippen LogP contribution is -2.44. The van der Waals surface area contributed by atoms with Gasteiger partial charge in [0, 0.05) is 25.3 Å². The number of carbonyl (C=O) groups excluding carboxylic acids is 1. The average molecular weight is 445 g/mol. The Morgan fingerprint density at radius 3 is 2.67 bits per heavy atom. The van der Waals surface area contributed by atoms with Crippen LogP contribution in [0.1, 0.15) is 39.3 Å². The molecule has 1 aliphatic heterocycles. The van der Waals surface area contributed by atoms with Crippen molar-refractivity contribution in [1.82, 2.24) is 9.88 Å². The Kier molecular flexibility index (Phi) is 6.36. The van der Waals surface area contributed by atoms with Crippen molar-refractivity contribution in [2.24, 2.45) is 8.44 Å². The van der Waals surface area contributed by atoms with E-state index >= 15 is 0 Å². The van der Waals surface area contributed by atoms with Gasteiger partial charge in [-0.3, -0.25) is 4.98 Å². The molecule has 1 N–H and O–H groups in total. The third-order valence-electron chi connectivity index (χ3n) is 3.75. The SMILES string of the molecule is Cc1nccc(NC2CCN(C(=O)OC(C)(C)C)CC2)c1N=NI. The fraction of sp³-hybridized carbons (Fsp3) is 0.625. The van der Waals surface area contributed by atoms with Gasteiger partial charge in [-0.15, -0.1) is 8.44 Å². The standard InChI is InChI=1S/C16H24IN5O2/c1-11-14(20-21-17)13(5-8-18-11)19-12-6-9-22(10-7-12)15(23)24-16(2,3)4/h5,8,12H,6-7,9-10H2,1-4H3,(H,18,19). The fourth-order valence-corrected chi connectivity index (χ4v) is 2.81. The molecule has 0 spiro atoms. The Bertz CT molecular complexity index is 607. The highest BCUT2D eigenvalue weighted by Gasteiger charge is 2.27. The van der Waals surface area contributed by atoms with E-state index in [2.05, 4.69) is 18.7 Å². The van der Waals surface area contributed by atoms with Crippen LogP contribution in [0.3, 0.4) is 0 Å². The number of aryl methyl sites for hydroxylation is 1. The summed E-state index contributed by atoms with van der Waals surface area (Å²) in [6.45, 7) is 8.92. The van der Waals surface area contributed by atoms with E-state index in [1.54, 1.807) is 11.1 Å². The molecule has 1 fully saturated rings. The number of halogens is 1. The largest absolute Gasteiger partial charge is 0.444 e. The number of ether oxygens (including phenoxy) is 1. The first kappa shape index (κ1) is 18.9. The summed E-state index contributed by atoms with van der Waals surface area (Å²) >= 11 is 1.86. The lowest BCUT2D eigenvalue weighted by atomic mass is 10.0. The third kappa shape index (κ3) is 5.29. The number of likely N-dealkylation sites (tertiary alicyclic amines) is 1. The summed E-state index contributed by atoms with van der Waals surface area (Å²) in [7, 11) is 0. The zero-order valence-corrected chi connectivity index (χ0v) is 16.7. The van der Waals surface area contributed by atoms with Crippen LogP contribution in [0, 0.1) is 6.92 Å². The molecular weight excluding hydrogens is 421 g/mol. The topological polar surface area (TPSA) is 79.2 Å². The Labute approximate surface area is 156 Å². The second kappa shape index (κ2) is 8.09. The highest BCUT2D eigenvalue weighted by Crippen LogP contribution is 2.30. The number of nitrogens with zero attached hydrogens (tertiary/aromatic N) is 4. The number of hydrogen-bond donors (Lipinski definition) is 1. The fourth-order valence-electron chi connectivity index (χ4n) is 2.59. The van der Waals surface area contributed by atoms with Gasteiger partial charge in [0.15, 0.2) is 0 Å². The van der Waals surface area contributed by atoms with Crippen LogP contribution >= 0.6 is 22.9 Å². The van der Waals surface area contributed by atoms with Crippen molar-refractivity contribution >= 4 is 40.3 Å². The summed E-state index contributed by atoms with van der Waals surface area (Å²) in [5.74, 6) is 0. The van der Waals surface area contributed by atoms with Crippen molar-refractivity contribution < 1.29 is 9.53 Å². The van der Waals surface area contributed by atoms with Crippen molar-refractivity contribution in [3.63, 3.8) is 0 Å². The van der Waals surface area contributed by atoms with Gasteiger partial charge in [0.2, 0.25) is 0 Å². The number of hydrogen-bond acceptors (Lipinski definition) is 6. The molecule has 0 radical (unpaired) electrons. The normalized spacial score (nSPS) is 16.5. The summed E-state index contributed by atoms with van der Waals surface area (Å²) in [6, 6.07) is 2.20. The van der Waals surface area contributed by atoms with Crippen LogP contribution in [-0.4, -0.2) is 40.7 Å². The van der Waals surface area contributed by atoms with E-state index in [1.807, 2.05) is 56.6 Å². The average Bonchev–Trinajstić information content (AvgIpc) is 2.50. The molecule has 2 heterocycles. The van der Waals surface area contributed by atoms with Gasteiger partial charge in [0.05, 0.1) is 11.4 Å². The quantitative estimate of drug-likeness (QED) is 0.544. The van der Waals surface area contributed by atoms with Crippen LogP contribution in [0.4, 0.5) is 16.2 Å². The van der Waals surface area contributed by atoms with Crippen molar-refractivity contribution in [3.8, 4) is 0 Å². The van der Waals surface area contributed by atoms with Gasteiger partial charge in [0.25, 0.3) is 0 Å². The monoisotopic (exact) mass is 445 g/mol. The predicted octanol–water partition coefficient (Wildman–Crippen LogP) is 4.64. The van der Waals surface area contributed by atoms with Crippen LogP contribution in [0.2, 0.25) is 0 Å². The summed E-state index contributed by atoms with van der Waals surface area (Å²) in [5.41, 5.74) is 2.08. The maximum atomic E-state index is 12.1. The van der Waals surface area contributed by atoms with Gasteiger partial charge in [0.1, 0.15) is 34.2 Å². The number of rotatable bonds is 3. The van der Waals surface area contributed by atoms with E-state index in [0.717, 1.165) is 29.9 Å². The van der Waals surface area contributed by atoms with Crippen molar-refractivity contribution in [3.05, 3.63) is 18.0 Å². The summed E-state index contributed by atoms with van der Waals surface area (Å²) in [5, 5.41) is 7.66. The van der Waals surface area contributed by atoms with Gasteiger partial charge in [-0.1, -0.05) is 0 Å². The second-order valence-electron chi connectivity index (χ2n) is 6.85. The molecule has 1 aromatic heterocycles. The molecule has 0 saturated carbocycles. The van der Waals surface area contributed by atoms with E-state index in [-0.39, 0.29) is 12.1 Å². The van der Waals surface area contributed by atoms with E-state index < -0.39 is 5.60 Å². The number of aromatic nitrogens is 1. The second-order valence-corrected chi connectivity index (χ2v) is 7.29. The predicted molar refractivity (Wildman–Crippen MR) is 102 cm³/mol. The van der Waals surface area contributed by atoms with Crippen LogP contribution in [0.5, 0.6) is 0 Å². The van der Waals surface area contributed by atoms with Crippen molar-refractivity contribution in [2.45, 2.75) is 52.2 Å². The smallest absolute Gasteiger partial charge is 0.410 e. The first-order valence-electron chi connectivity index (χ1n) is 8.02. The van der Waals surface area contributed by atoms with Crippen LogP contribution in [-0.2, 0) is 4.74 Å². The minimum absolute atomic E-state index is 0.236. The number of amides is 1. The molecule has 132 valence electrons. The molecule has 24 heavy (non-hydrogen) atoms. The number of pyridine rings is 1. The van der Waals surface area contributed by atoms with Crippen molar-refractivity contribution in [2.75, 3.05) is 18.4 Å². The van der Waals surface area contributed by atoms with Crippen LogP contribution in [0.25, 0.3) is 0 Å². The highest BCUT2D eigenvalue weighted by molar-refractivity contribution is 14.1. The Hall–Kier alpha value is -1.45. The summed E-state index contributed by atoms with van der Waals surface area (Å²) < 4.78 is 9.26. The molecule has 1 amide bonds. The minimum Gasteiger partial charge on any atom is -0.444 e. The van der Waals surface area contributed by atoms with E-state index in [9.17, 15) is 4.79 Å². The number of piperidine rings is 1. The molecule has 1 saturated heterocycles. The maximum Gasteiger partial charge on any atom is 0.410 e. The molecule has 0 aromatic carbocycles. The molecule has 0 atom stereocenters. The molecule has 0 unspecified atom stereocenters. The molecule has 1 aliphatic rings. The van der Waals surface area contributed by atoms with E-state index in [0.29, 0.717) is 13.1 Å². The lowest BCUT2D eigenvalue weighted by Gasteiger charge is -2.34. The van der Waals surface area contributed by atoms with Gasteiger partial charge in [-0.05, 0) is 46.6 Å². The first-order chi connectivity index (χ1) is 11.3. The number of anilines is 1. The summed E-state index contributed by atoms with van der Waals surface area (Å²) in [4.78, 5) is 18.1. The molecule has 1 aromatic rings. The molecular formula is C16H24IN5O2. The first-order valence-corrected chi connectivity index (χ1v) is 8.98. The zero-order valence-electron chi connectivity index (χ0n) is 14.5. The third-order valence-corrected chi connectivity index (χ3v) is 3.97. The van der Waals surface area contributed by atoms with Crippen LogP contribution < -0.4 is 5.32 Å². The molecule has 0 bridgehead atoms. The highest BCUT2D eigenvalue weighted by atomic mass is 127. The van der Waals surface area contributed by atoms with Gasteiger partial charge >= 0.3 is 6.09 Å². The lowest BCUT2D eigenvalue weighted by molar-refractivity contribution is 0.0210. The maximum absolute atomic E-state index is 12.1. The Morgan fingerprint density at radius 1 is 1.42 bits per heavy atom. The molecule has 0 aliphatic carbocycles. The summed E-state index contributed by atoms with van der Waals surface area (Å²) in [6.07, 6.45) is 3.25. The minimum atomic E-state index is -0.458. The zero-order chi connectivity index (χ0) is 17.7. The van der Waals surface area contributed by atoms with Gasteiger partial charge in [-0.25, -0.2) is 4.79 Å². The Balaban J connectivity index is 1.94.